The number of urea groups is 1. The van der Waals surface area contributed by atoms with Gasteiger partial charge in [-0.15, -0.1) is 0 Å². The Balaban J connectivity index is 1.39. The maximum atomic E-state index is 12.6. The molecule has 1 aromatic heterocycles. The second kappa shape index (κ2) is 10.7. The molecule has 2 aromatic rings. The van der Waals surface area contributed by atoms with Crippen LogP contribution in [-0.2, 0) is 0 Å². The number of carbonyl (C=O) groups is 1. The number of nitrogens with zero attached hydrogens (tertiary/aromatic N) is 1. The highest BCUT2D eigenvalue weighted by molar-refractivity contribution is 5.94. The molecule has 0 radical (unpaired) electrons. The van der Waals surface area contributed by atoms with Gasteiger partial charge in [-0.05, 0) is 55.6 Å². The number of hydrogen-bond donors (Lipinski definition) is 3. The van der Waals surface area contributed by atoms with E-state index in [1.165, 1.54) is 55.9 Å². The highest BCUT2D eigenvalue weighted by atomic mass is 16.2. The summed E-state index contributed by atoms with van der Waals surface area (Å²) in [6.45, 7) is 4.53. The molecule has 2 amide bonds. The summed E-state index contributed by atoms with van der Waals surface area (Å²) in [7, 11) is 0. The van der Waals surface area contributed by atoms with Crippen LogP contribution in [0.25, 0.3) is 10.9 Å². The van der Waals surface area contributed by atoms with Crippen molar-refractivity contribution in [3.63, 3.8) is 0 Å². The van der Waals surface area contributed by atoms with Crippen molar-refractivity contribution in [3.05, 3.63) is 42.2 Å². The van der Waals surface area contributed by atoms with Crippen LogP contribution < -0.4 is 10.6 Å². The van der Waals surface area contributed by atoms with E-state index in [4.69, 9.17) is 0 Å². The lowest BCUT2D eigenvalue weighted by Crippen LogP contribution is -2.37. The number of anilines is 1. The van der Waals surface area contributed by atoms with Crippen molar-refractivity contribution in [1.82, 2.24) is 15.2 Å². The summed E-state index contributed by atoms with van der Waals surface area (Å²) in [5.74, 6) is 0.422. The molecular weight excluding hydrogens is 384 g/mol. The molecule has 1 aliphatic carbocycles. The maximum Gasteiger partial charge on any atom is 0.319 e. The summed E-state index contributed by atoms with van der Waals surface area (Å²) >= 11 is 0. The van der Waals surface area contributed by atoms with E-state index in [2.05, 4.69) is 58.0 Å². The van der Waals surface area contributed by atoms with Gasteiger partial charge in [0.05, 0.1) is 0 Å². The van der Waals surface area contributed by atoms with E-state index in [1.807, 2.05) is 6.07 Å². The highest BCUT2D eigenvalue weighted by Gasteiger charge is 2.19. The van der Waals surface area contributed by atoms with E-state index >= 15 is 0 Å². The average Bonchev–Trinajstić information content (AvgIpc) is 3.02. The molecule has 4 rings (SSSR count). The smallest absolute Gasteiger partial charge is 0.319 e. The average molecular weight is 423 g/mol. The Bertz CT molecular complexity index is 879. The summed E-state index contributed by atoms with van der Waals surface area (Å²) in [4.78, 5) is 18.4. The van der Waals surface area contributed by atoms with Gasteiger partial charge in [-0.25, -0.2) is 4.79 Å². The van der Waals surface area contributed by atoms with E-state index in [9.17, 15) is 4.79 Å². The van der Waals surface area contributed by atoms with Crippen LogP contribution in [0.3, 0.4) is 0 Å². The van der Waals surface area contributed by atoms with Crippen molar-refractivity contribution in [2.75, 3.05) is 18.4 Å². The lowest BCUT2D eigenvalue weighted by Gasteiger charge is -2.27. The molecule has 1 aromatic carbocycles. The predicted octanol–water partition coefficient (Wildman–Crippen LogP) is 6.51. The van der Waals surface area contributed by atoms with Gasteiger partial charge in [0.15, 0.2) is 0 Å². The minimum absolute atomic E-state index is 0.0800. The normalized spacial score (nSPS) is 20.0. The van der Waals surface area contributed by atoms with Crippen LogP contribution in [0.5, 0.6) is 0 Å². The molecule has 0 saturated heterocycles. The summed E-state index contributed by atoms with van der Waals surface area (Å²) in [5, 5.41) is 7.46. The minimum Gasteiger partial charge on any atom is -0.378 e. The largest absolute Gasteiger partial charge is 0.378 e. The molecule has 5 nitrogen and oxygen atoms in total. The Morgan fingerprint density at radius 3 is 2.71 bits per heavy atom. The standard InChI is InChI=1S/C26H38N4O/c1-2-3-8-15-30-16-13-20(14-17-30)24-19-27-25-12-11-22(18-23(24)25)29-26(31)28-21-9-6-4-5-7-10-21/h11-13,16,18-21,27H,2-10,14-15,17H2,1H3,(H2,28,29,31). The third-order valence-corrected chi connectivity index (χ3v) is 6.87. The number of amides is 2. The number of hydrogen-bond acceptors (Lipinski definition) is 2. The van der Waals surface area contributed by atoms with Crippen molar-refractivity contribution in [1.29, 1.82) is 0 Å². The molecule has 31 heavy (non-hydrogen) atoms. The highest BCUT2D eigenvalue weighted by Crippen LogP contribution is 2.33. The van der Waals surface area contributed by atoms with E-state index in [0.717, 1.165) is 43.6 Å². The number of fused-ring (bicyclic) bond motifs is 1. The van der Waals surface area contributed by atoms with Gasteiger partial charge in [-0.3, -0.25) is 0 Å². The SMILES string of the molecule is CCCCCN1C=CC(c2c[nH]c3ccc(NC(=O)NC4CCCCCC4)cc23)CC1. The number of rotatable bonds is 7. The number of carbonyl (C=O) groups excluding carboxylic acids is 1. The quantitative estimate of drug-likeness (QED) is 0.352. The first-order chi connectivity index (χ1) is 15.2. The molecular formula is C26H38N4O. The maximum absolute atomic E-state index is 12.6. The summed E-state index contributed by atoms with van der Waals surface area (Å²) in [6.07, 6.45) is 19.0. The van der Waals surface area contributed by atoms with Gasteiger partial charge < -0.3 is 20.5 Å². The lowest BCUT2D eigenvalue weighted by atomic mass is 9.93. The second-order valence-corrected chi connectivity index (χ2v) is 9.27. The summed E-state index contributed by atoms with van der Waals surface area (Å²) in [6, 6.07) is 6.41. The van der Waals surface area contributed by atoms with Crippen molar-refractivity contribution < 1.29 is 4.79 Å². The minimum atomic E-state index is -0.0800. The van der Waals surface area contributed by atoms with E-state index in [-0.39, 0.29) is 6.03 Å². The second-order valence-electron chi connectivity index (χ2n) is 9.27. The predicted molar refractivity (Wildman–Crippen MR) is 130 cm³/mol. The zero-order chi connectivity index (χ0) is 21.5. The summed E-state index contributed by atoms with van der Waals surface area (Å²) in [5.41, 5.74) is 3.32. The third-order valence-electron chi connectivity index (χ3n) is 6.87. The number of allylic oxidation sites excluding steroid dienone is 1. The van der Waals surface area contributed by atoms with Gasteiger partial charge >= 0.3 is 6.03 Å². The van der Waals surface area contributed by atoms with Gasteiger partial charge in [0.2, 0.25) is 0 Å². The Morgan fingerprint density at radius 1 is 1.13 bits per heavy atom. The Hall–Kier alpha value is -2.43. The van der Waals surface area contributed by atoms with E-state index < -0.39 is 0 Å². The van der Waals surface area contributed by atoms with Crippen molar-refractivity contribution in [3.8, 4) is 0 Å². The molecule has 2 aliphatic rings. The number of aromatic amines is 1. The monoisotopic (exact) mass is 422 g/mol. The van der Waals surface area contributed by atoms with Crippen LogP contribution in [0.1, 0.15) is 82.6 Å². The van der Waals surface area contributed by atoms with Crippen molar-refractivity contribution in [2.45, 2.75) is 83.1 Å². The molecule has 168 valence electrons. The number of aromatic nitrogens is 1. The molecule has 0 spiro atoms. The van der Waals surface area contributed by atoms with Gasteiger partial charge in [-0.2, -0.15) is 0 Å². The Labute approximate surface area is 186 Å². The van der Waals surface area contributed by atoms with Crippen LogP contribution in [0.15, 0.2) is 36.7 Å². The molecule has 1 fully saturated rings. The molecule has 3 N–H and O–H groups in total. The van der Waals surface area contributed by atoms with E-state index in [0.29, 0.717) is 12.0 Å². The van der Waals surface area contributed by atoms with Gasteiger partial charge in [-0.1, -0.05) is 51.5 Å². The molecule has 1 atom stereocenters. The van der Waals surface area contributed by atoms with Gasteiger partial charge in [0, 0.05) is 47.8 Å². The van der Waals surface area contributed by atoms with Crippen LogP contribution >= 0.6 is 0 Å². The number of nitrogens with one attached hydrogen (secondary N) is 3. The third kappa shape index (κ3) is 5.84. The zero-order valence-electron chi connectivity index (χ0n) is 19.0. The fourth-order valence-electron chi connectivity index (χ4n) is 5.01. The first kappa shape index (κ1) is 21.8. The number of H-pyrrole nitrogens is 1. The van der Waals surface area contributed by atoms with Gasteiger partial charge in [0.1, 0.15) is 0 Å². The molecule has 1 aliphatic heterocycles. The molecule has 5 heteroatoms. The Morgan fingerprint density at radius 2 is 1.97 bits per heavy atom. The number of unbranched alkanes of at least 4 members (excludes halogenated alkanes) is 2. The molecule has 0 bridgehead atoms. The fourth-order valence-corrected chi connectivity index (χ4v) is 5.01. The van der Waals surface area contributed by atoms with E-state index in [1.54, 1.807) is 0 Å². The van der Waals surface area contributed by atoms with Crippen molar-refractivity contribution in [2.24, 2.45) is 0 Å². The molecule has 1 saturated carbocycles. The zero-order valence-corrected chi connectivity index (χ0v) is 19.0. The number of benzene rings is 1. The summed E-state index contributed by atoms with van der Waals surface area (Å²) < 4.78 is 0. The first-order valence-electron chi connectivity index (χ1n) is 12.3. The fraction of sp³-hybridized carbons (Fsp3) is 0.577. The van der Waals surface area contributed by atoms with Gasteiger partial charge in [0.25, 0.3) is 0 Å². The van der Waals surface area contributed by atoms with Crippen LogP contribution in [0.4, 0.5) is 10.5 Å². The topological polar surface area (TPSA) is 60.2 Å². The molecule has 2 heterocycles. The van der Waals surface area contributed by atoms with Crippen molar-refractivity contribution >= 4 is 22.6 Å². The van der Waals surface area contributed by atoms with Crippen LogP contribution in [-0.4, -0.2) is 35.0 Å². The van der Waals surface area contributed by atoms with Crippen LogP contribution in [0.2, 0.25) is 0 Å². The Kier molecular flexibility index (Phi) is 7.55. The lowest BCUT2D eigenvalue weighted by molar-refractivity contribution is 0.247. The first-order valence-corrected chi connectivity index (χ1v) is 12.3. The van der Waals surface area contributed by atoms with Crippen LogP contribution in [0, 0.1) is 0 Å². The molecule has 1 unspecified atom stereocenters.